The number of hydrogen-bond acceptors (Lipinski definition) is 1. The second kappa shape index (κ2) is 8.17. The van der Waals surface area contributed by atoms with Gasteiger partial charge >= 0.3 is 6.36 Å². The topological polar surface area (TPSA) is 9.23 Å². The number of alkyl halides is 3. The highest BCUT2D eigenvalue weighted by molar-refractivity contribution is 6.08. The fraction of sp³-hybridized carbons (Fsp3) is 0.200. The molecular formula is C25H19F5O. The van der Waals surface area contributed by atoms with E-state index in [0.29, 0.717) is 5.39 Å². The van der Waals surface area contributed by atoms with Crippen molar-refractivity contribution in [3.05, 3.63) is 77.9 Å². The maximum atomic E-state index is 15.3. The number of fused-ring (bicyclic) bond motifs is 3. The Balaban J connectivity index is 1.76. The van der Waals surface area contributed by atoms with Crippen molar-refractivity contribution >= 4 is 21.5 Å². The van der Waals surface area contributed by atoms with Gasteiger partial charge in [0.15, 0.2) is 11.6 Å². The lowest BCUT2D eigenvalue weighted by Crippen LogP contribution is -2.17. The lowest BCUT2D eigenvalue weighted by molar-refractivity contribution is -0.275. The van der Waals surface area contributed by atoms with Gasteiger partial charge in [0.2, 0.25) is 0 Å². The minimum Gasteiger partial charge on any atom is -0.403 e. The van der Waals surface area contributed by atoms with Gasteiger partial charge in [0.1, 0.15) is 5.82 Å². The molecule has 0 bridgehead atoms. The van der Waals surface area contributed by atoms with Gasteiger partial charge in [-0.3, -0.25) is 0 Å². The molecule has 0 saturated heterocycles. The number of aryl methyl sites for hydroxylation is 1. The Labute approximate surface area is 176 Å². The largest absolute Gasteiger partial charge is 0.573 e. The maximum Gasteiger partial charge on any atom is 0.573 e. The molecular weight excluding hydrogens is 411 g/mol. The molecule has 0 aliphatic rings. The van der Waals surface area contributed by atoms with E-state index in [9.17, 15) is 17.6 Å². The quantitative estimate of drug-likeness (QED) is 0.229. The van der Waals surface area contributed by atoms with Crippen molar-refractivity contribution in [1.82, 2.24) is 0 Å². The second-order valence-corrected chi connectivity index (χ2v) is 7.44. The zero-order chi connectivity index (χ0) is 22.2. The Morgan fingerprint density at radius 3 is 2.26 bits per heavy atom. The Kier molecular flexibility index (Phi) is 5.56. The third-order valence-electron chi connectivity index (χ3n) is 5.30. The molecule has 0 aliphatic heterocycles. The lowest BCUT2D eigenvalue weighted by atomic mass is 9.95. The van der Waals surface area contributed by atoms with E-state index in [1.807, 2.05) is 18.2 Å². The number of benzene rings is 4. The van der Waals surface area contributed by atoms with E-state index in [2.05, 4.69) is 17.7 Å². The van der Waals surface area contributed by atoms with Crippen molar-refractivity contribution < 1.29 is 26.7 Å². The molecule has 0 aromatic heterocycles. The van der Waals surface area contributed by atoms with Gasteiger partial charge in [-0.1, -0.05) is 61.9 Å². The number of halogens is 5. The smallest absolute Gasteiger partial charge is 0.403 e. The molecule has 0 radical (unpaired) electrons. The van der Waals surface area contributed by atoms with E-state index >= 15 is 4.39 Å². The summed E-state index contributed by atoms with van der Waals surface area (Å²) < 4.78 is 70.1. The van der Waals surface area contributed by atoms with Gasteiger partial charge in [0, 0.05) is 10.9 Å². The summed E-state index contributed by atoms with van der Waals surface area (Å²) in [6.07, 6.45) is -1.82. The fourth-order valence-corrected chi connectivity index (χ4v) is 3.79. The molecule has 0 unspecified atom stereocenters. The molecule has 0 saturated carbocycles. The van der Waals surface area contributed by atoms with Gasteiger partial charge in [-0.2, -0.15) is 0 Å². The highest BCUT2D eigenvalue weighted by Gasteiger charge is 2.32. The van der Waals surface area contributed by atoms with E-state index in [0.717, 1.165) is 47.6 Å². The summed E-state index contributed by atoms with van der Waals surface area (Å²) in [5.74, 6) is -2.73. The van der Waals surface area contributed by atoms with Crippen molar-refractivity contribution in [2.75, 3.05) is 0 Å². The Hall–Kier alpha value is -3.15. The molecule has 4 aromatic carbocycles. The zero-order valence-electron chi connectivity index (χ0n) is 16.7. The zero-order valence-corrected chi connectivity index (χ0v) is 16.7. The summed E-state index contributed by atoms with van der Waals surface area (Å²) in [4.78, 5) is 0. The van der Waals surface area contributed by atoms with Crippen LogP contribution in [-0.2, 0) is 6.42 Å². The van der Waals surface area contributed by atoms with Crippen molar-refractivity contribution in [1.29, 1.82) is 0 Å². The molecule has 0 fully saturated rings. The van der Waals surface area contributed by atoms with E-state index in [1.165, 1.54) is 17.7 Å². The highest BCUT2D eigenvalue weighted by atomic mass is 19.4. The first-order chi connectivity index (χ1) is 14.8. The van der Waals surface area contributed by atoms with Gasteiger partial charge in [-0.05, 0) is 52.3 Å². The number of rotatable bonds is 5. The molecule has 0 N–H and O–H groups in total. The van der Waals surface area contributed by atoms with Crippen LogP contribution in [-0.4, -0.2) is 6.36 Å². The van der Waals surface area contributed by atoms with Crippen LogP contribution >= 0.6 is 0 Å². The molecule has 0 amide bonds. The summed E-state index contributed by atoms with van der Waals surface area (Å²) in [6.45, 7) is 2.14. The van der Waals surface area contributed by atoms with E-state index in [4.69, 9.17) is 0 Å². The average Bonchev–Trinajstić information content (AvgIpc) is 2.73. The van der Waals surface area contributed by atoms with Crippen LogP contribution in [0.2, 0.25) is 0 Å². The van der Waals surface area contributed by atoms with Crippen molar-refractivity contribution in [2.24, 2.45) is 0 Å². The van der Waals surface area contributed by atoms with Crippen LogP contribution in [0, 0.1) is 11.6 Å². The predicted molar refractivity (Wildman–Crippen MR) is 112 cm³/mol. The van der Waals surface area contributed by atoms with Gasteiger partial charge in [-0.15, -0.1) is 13.2 Å². The van der Waals surface area contributed by atoms with Gasteiger partial charge in [-0.25, -0.2) is 8.78 Å². The molecule has 31 heavy (non-hydrogen) atoms. The number of unbranched alkanes of at least 4 members (excludes halogenated alkanes) is 1. The van der Waals surface area contributed by atoms with E-state index < -0.39 is 23.7 Å². The van der Waals surface area contributed by atoms with Crippen LogP contribution in [0.15, 0.2) is 60.7 Å². The van der Waals surface area contributed by atoms with Crippen molar-refractivity contribution in [3.8, 4) is 16.9 Å². The van der Waals surface area contributed by atoms with Crippen LogP contribution in [0.1, 0.15) is 25.3 Å². The third kappa shape index (κ3) is 4.33. The molecule has 0 heterocycles. The average molecular weight is 430 g/mol. The molecule has 6 heteroatoms. The second-order valence-electron chi connectivity index (χ2n) is 7.44. The van der Waals surface area contributed by atoms with Crippen molar-refractivity contribution in [2.45, 2.75) is 32.5 Å². The molecule has 0 aliphatic carbocycles. The van der Waals surface area contributed by atoms with Crippen LogP contribution in [0.3, 0.4) is 0 Å². The SMILES string of the molecule is CCCCc1ccc2c(ccc3c(F)c(-c4ccc(OC(F)(F)F)c(F)c4)ccc32)c1. The molecule has 4 rings (SSSR count). The molecule has 1 nitrogen and oxygen atoms in total. The van der Waals surface area contributed by atoms with Gasteiger partial charge < -0.3 is 4.74 Å². The predicted octanol–water partition coefficient (Wildman–Crippen LogP) is 8.18. The van der Waals surface area contributed by atoms with Crippen molar-refractivity contribution in [3.63, 3.8) is 0 Å². The minimum absolute atomic E-state index is 0.101. The third-order valence-corrected chi connectivity index (χ3v) is 5.30. The van der Waals surface area contributed by atoms with Gasteiger partial charge in [0.05, 0.1) is 0 Å². The van der Waals surface area contributed by atoms with Crippen LogP contribution in [0.5, 0.6) is 5.75 Å². The maximum absolute atomic E-state index is 15.3. The summed E-state index contributed by atoms with van der Waals surface area (Å²) in [5, 5.41) is 3.00. The van der Waals surface area contributed by atoms with Gasteiger partial charge in [0.25, 0.3) is 0 Å². The monoisotopic (exact) mass is 430 g/mol. The fourth-order valence-electron chi connectivity index (χ4n) is 3.79. The van der Waals surface area contributed by atoms with E-state index in [-0.39, 0.29) is 11.1 Å². The van der Waals surface area contributed by atoms with E-state index in [1.54, 1.807) is 12.1 Å². The summed E-state index contributed by atoms with van der Waals surface area (Å²) in [5.41, 5.74) is 1.45. The first-order valence-electron chi connectivity index (χ1n) is 9.96. The first kappa shape index (κ1) is 21.1. The van der Waals surface area contributed by atoms with Crippen LogP contribution in [0.25, 0.3) is 32.7 Å². The summed E-state index contributed by atoms with van der Waals surface area (Å²) in [7, 11) is 0. The number of ether oxygens (including phenoxy) is 1. The van der Waals surface area contributed by atoms with Crippen LogP contribution < -0.4 is 4.74 Å². The summed E-state index contributed by atoms with van der Waals surface area (Å²) in [6, 6.07) is 15.8. The Bertz CT molecular complexity index is 1260. The van der Waals surface area contributed by atoms with Crippen LogP contribution in [0.4, 0.5) is 22.0 Å². The Morgan fingerprint density at radius 2 is 1.55 bits per heavy atom. The Morgan fingerprint density at radius 1 is 0.806 bits per heavy atom. The molecule has 0 spiro atoms. The molecule has 160 valence electrons. The minimum atomic E-state index is -5.01. The lowest BCUT2D eigenvalue weighted by Gasteiger charge is -2.13. The standard InChI is InChI=1S/C25H19F5O/c1-2-3-4-15-5-8-18-16(13-15)6-9-21-20(18)11-10-19(24(21)27)17-7-12-23(22(26)14-17)31-25(28,29)30/h5-14H,2-4H2,1H3. The first-order valence-corrected chi connectivity index (χ1v) is 9.96. The highest BCUT2D eigenvalue weighted by Crippen LogP contribution is 2.35. The summed E-state index contributed by atoms with van der Waals surface area (Å²) >= 11 is 0. The normalized spacial score (nSPS) is 11.9. The molecule has 4 aromatic rings. The number of hydrogen-bond donors (Lipinski definition) is 0. The molecule has 0 atom stereocenters.